The van der Waals surface area contributed by atoms with Crippen molar-refractivity contribution in [2.24, 2.45) is 5.73 Å². The van der Waals surface area contributed by atoms with E-state index >= 15 is 0 Å². The second-order valence-electron chi connectivity index (χ2n) is 4.31. The molecule has 1 aromatic rings. The Labute approximate surface area is 103 Å². The van der Waals surface area contributed by atoms with Crippen molar-refractivity contribution in [2.75, 3.05) is 13.2 Å². The van der Waals surface area contributed by atoms with Gasteiger partial charge in [0.15, 0.2) is 11.5 Å². The monoisotopic (exact) mass is 261 g/mol. The molecule has 6 heteroatoms. The van der Waals surface area contributed by atoms with Gasteiger partial charge in [0.25, 0.3) is 0 Å². The third-order valence-electron chi connectivity index (χ3n) is 2.62. The fourth-order valence-corrected chi connectivity index (χ4v) is 1.92. The Morgan fingerprint density at radius 2 is 1.83 bits per heavy atom. The first-order valence-electron chi connectivity index (χ1n) is 5.64. The number of hydrogen-bond acceptors (Lipinski definition) is 3. The molecule has 0 amide bonds. The smallest absolute Gasteiger partial charge is 0.420 e. The Morgan fingerprint density at radius 3 is 2.39 bits per heavy atom. The Hall–Kier alpha value is -1.43. The van der Waals surface area contributed by atoms with Gasteiger partial charge in [-0.25, -0.2) is 0 Å². The molecule has 2 rings (SSSR count). The van der Waals surface area contributed by atoms with Gasteiger partial charge in [0, 0.05) is 6.04 Å². The minimum Gasteiger partial charge on any atom is -0.486 e. The minimum atomic E-state index is -4.45. The van der Waals surface area contributed by atoms with E-state index in [-0.39, 0.29) is 30.8 Å². The van der Waals surface area contributed by atoms with Gasteiger partial charge in [0.2, 0.25) is 0 Å². The van der Waals surface area contributed by atoms with E-state index in [2.05, 4.69) is 0 Å². The molecule has 1 unspecified atom stereocenters. The minimum absolute atomic E-state index is 0.123. The molecule has 100 valence electrons. The molecule has 0 spiro atoms. The largest absolute Gasteiger partial charge is 0.486 e. The first-order chi connectivity index (χ1) is 8.39. The summed E-state index contributed by atoms with van der Waals surface area (Å²) in [5, 5.41) is 0. The lowest BCUT2D eigenvalue weighted by Crippen LogP contribution is -2.23. The van der Waals surface area contributed by atoms with E-state index in [0.29, 0.717) is 12.0 Å². The molecular weight excluding hydrogens is 247 g/mol. The zero-order valence-corrected chi connectivity index (χ0v) is 9.88. The predicted molar refractivity (Wildman–Crippen MR) is 59.8 cm³/mol. The molecule has 1 aromatic carbocycles. The summed E-state index contributed by atoms with van der Waals surface area (Å²) in [5.41, 5.74) is 5.51. The van der Waals surface area contributed by atoms with Crippen LogP contribution in [0.2, 0.25) is 0 Å². The Morgan fingerprint density at radius 1 is 1.22 bits per heavy atom. The summed E-state index contributed by atoms with van der Waals surface area (Å²) in [4.78, 5) is 0. The number of benzene rings is 1. The quantitative estimate of drug-likeness (QED) is 0.888. The molecule has 0 radical (unpaired) electrons. The first kappa shape index (κ1) is 13.0. The van der Waals surface area contributed by atoms with Gasteiger partial charge in [0.1, 0.15) is 18.8 Å². The lowest BCUT2D eigenvalue weighted by Gasteiger charge is -2.24. The molecule has 0 aromatic heterocycles. The van der Waals surface area contributed by atoms with Crippen LogP contribution in [0.4, 0.5) is 13.2 Å². The summed E-state index contributed by atoms with van der Waals surface area (Å²) < 4.78 is 48.9. The predicted octanol–water partition coefficient (Wildman–Crippen LogP) is 2.37. The Bertz CT molecular complexity index is 444. The maximum Gasteiger partial charge on any atom is 0.420 e. The van der Waals surface area contributed by atoms with E-state index in [0.717, 1.165) is 6.07 Å². The summed E-state index contributed by atoms with van der Waals surface area (Å²) in [6.07, 6.45) is -4.00. The molecule has 18 heavy (non-hydrogen) atoms. The molecule has 1 aliphatic heterocycles. The zero-order valence-electron chi connectivity index (χ0n) is 9.88. The number of hydrogen-bond donors (Lipinski definition) is 1. The maximum atomic E-state index is 12.8. The molecule has 0 saturated heterocycles. The third-order valence-corrected chi connectivity index (χ3v) is 2.62. The highest BCUT2D eigenvalue weighted by Crippen LogP contribution is 2.44. The molecule has 0 saturated carbocycles. The van der Waals surface area contributed by atoms with Crippen molar-refractivity contribution < 1.29 is 22.6 Å². The molecule has 1 aliphatic rings. The SMILES string of the molecule is CC(N)Cc1ccc(C(F)(F)F)c2c1OCCO2. The van der Waals surface area contributed by atoms with Crippen LogP contribution in [0.1, 0.15) is 18.1 Å². The number of nitrogens with two attached hydrogens (primary N) is 1. The van der Waals surface area contributed by atoms with Crippen LogP contribution in [0.3, 0.4) is 0 Å². The normalized spacial score (nSPS) is 16.5. The molecule has 2 N–H and O–H groups in total. The van der Waals surface area contributed by atoms with Crippen LogP contribution in [0.5, 0.6) is 11.5 Å². The number of halogens is 3. The molecule has 0 aliphatic carbocycles. The van der Waals surface area contributed by atoms with E-state index < -0.39 is 11.7 Å². The van der Waals surface area contributed by atoms with Crippen molar-refractivity contribution >= 4 is 0 Å². The lowest BCUT2D eigenvalue weighted by atomic mass is 10.0. The maximum absolute atomic E-state index is 12.8. The van der Waals surface area contributed by atoms with E-state index in [1.807, 2.05) is 0 Å². The highest BCUT2D eigenvalue weighted by Gasteiger charge is 2.37. The van der Waals surface area contributed by atoms with Gasteiger partial charge in [0.05, 0.1) is 0 Å². The van der Waals surface area contributed by atoms with Crippen molar-refractivity contribution in [1.29, 1.82) is 0 Å². The van der Waals surface area contributed by atoms with Gasteiger partial charge >= 0.3 is 6.18 Å². The van der Waals surface area contributed by atoms with Crippen molar-refractivity contribution in [2.45, 2.75) is 25.6 Å². The van der Waals surface area contributed by atoms with E-state index in [1.165, 1.54) is 6.07 Å². The highest BCUT2D eigenvalue weighted by molar-refractivity contribution is 5.54. The molecular formula is C12H14F3NO2. The lowest BCUT2D eigenvalue weighted by molar-refractivity contribution is -0.139. The summed E-state index contributed by atoms with van der Waals surface area (Å²) in [5.74, 6) is -0.0414. The van der Waals surface area contributed by atoms with Crippen LogP contribution in [0.15, 0.2) is 12.1 Å². The van der Waals surface area contributed by atoms with Crippen molar-refractivity contribution in [3.63, 3.8) is 0 Å². The second-order valence-corrected chi connectivity index (χ2v) is 4.31. The Balaban J connectivity index is 2.49. The summed E-state index contributed by atoms with van der Waals surface area (Å²) in [6, 6.07) is 2.27. The van der Waals surface area contributed by atoms with Gasteiger partial charge in [-0.05, 0) is 25.0 Å². The summed E-state index contributed by atoms with van der Waals surface area (Å²) in [7, 11) is 0. The zero-order chi connectivity index (χ0) is 13.3. The van der Waals surface area contributed by atoms with Crippen molar-refractivity contribution in [3.8, 4) is 11.5 Å². The van der Waals surface area contributed by atoms with Gasteiger partial charge in [-0.1, -0.05) is 6.07 Å². The van der Waals surface area contributed by atoms with Crippen LogP contribution in [-0.4, -0.2) is 19.3 Å². The van der Waals surface area contributed by atoms with E-state index in [1.54, 1.807) is 6.92 Å². The Kier molecular flexibility index (Phi) is 3.38. The van der Waals surface area contributed by atoms with Gasteiger partial charge < -0.3 is 15.2 Å². The number of alkyl halides is 3. The van der Waals surface area contributed by atoms with Crippen molar-refractivity contribution in [1.82, 2.24) is 0 Å². The molecule has 1 atom stereocenters. The van der Waals surface area contributed by atoms with E-state index in [4.69, 9.17) is 15.2 Å². The van der Waals surface area contributed by atoms with Crippen LogP contribution in [0.25, 0.3) is 0 Å². The summed E-state index contributed by atoms with van der Waals surface area (Å²) in [6.45, 7) is 2.16. The first-order valence-corrected chi connectivity index (χ1v) is 5.64. The number of fused-ring (bicyclic) bond motifs is 1. The second kappa shape index (κ2) is 4.68. The molecule has 1 heterocycles. The number of ether oxygens (including phenoxy) is 2. The van der Waals surface area contributed by atoms with Crippen molar-refractivity contribution in [3.05, 3.63) is 23.3 Å². The molecule has 0 bridgehead atoms. The van der Waals surface area contributed by atoms with E-state index in [9.17, 15) is 13.2 Å². The molecule has 3 nitrogen and oxygen atoms in total. The van der Waals surface area contributed by atoms with Crippen LogP contribution >= 0.6 is 0 Å². The fourth-order valence-electron chi connectivity index (χ4n) is 1.92. The van der Waals surface area contributed by atoms with Gasteiger partial charge in [-0.15, -0.1) is 0 Å². The summed E-state index contributed by atoms with van der Waals surface area (Å²) >= 11 is 0. The molecule has 0 fully saturated rings. The standard InChI is InChI=1S/C12H14F3NO2/c1-7(16)6-8-2-3-9(12(13,14)15)11-10(8)17-4-5-18-11/h2-3,7H,4-6,16H2,1H3. The van der Waals surface area contributed by atoms with Gasteiger partial charge in [-0.2, -0.15) is 13.2 Å². The third kappa shape index (κ3) is 2.53. The number of rotatable bonds is 2. The fraction of sp³-hybridized carbons (Fsp3) is 0.500. The highest BCUT2D eigenvalue weighted by atomic mass is 19.4. The van der Waals surface area contributed by atoms with Gasteiger partial charge in [-0.3, -0.25) is 0 Å². The van der Waals surface area contributed by atoms with Crippen LogP contribution < -0.4 is 15.2 Å². The topological polar surface area (TPSA) is 44.5 Å². The average Bonchev–Trinajstić information content (AvgIpc) is 2.27. The average molecular weight is 261 g/mol. The van der Waals surface area contributed by atoms with Crippen LogP contribution in [-0.2, 0) is 12.6 Å². The van der Waals surface area contributed by atoms with Crippen LogP contribution in [0, 0.1) is 0 Å².